The summed E-state index contributed by atoms with van der Waals surface area (Å²) in [4.78, 5) is 84.3. The van der Waals surface area contributed by atoms with Crippen molar-refractivity contribution in [3.8, 4) is 0 Å². The van der Waals surface area contributed by atoms with E-state index in [1.807, 2.05) is 61.0 Å². The van der Waals surface area contributed by atoms with E-state index < -0.39 is 23.4 Å². The van der Waals surface area contributed by atoms with Crippen molar-refractivity contribution in [1.82, 2.24) is 29.7 Å². The Labute approximate surface area is 443 Å². The van der Waals surface area contributed by atoms with Gasteiger partial charge in [0.15, 0.2) is 6.10 Å². The Morgan fingerprint density at radius 3 is 1.64 bits per heavy atom. The van der Waals surface area contributed by atoms with E-state index in [2.05, 4.69) is 55.5 Å². The van der Waals surface area contributed by atoms with Gasteiger partial charge in [0.2, 0.25) is 11.8 Å². The van der Waals surface area contributed by atoms with E-state index in [0.717, 1.165) is 82.5 Å². The standard InChI is InChI=1S/C23H29N3O.C20H29N3O3.C15H21N3O4/c27-23(21-10-11-21)26(22-9-4-13-24-16-22)18-20-8-5-14-25(17-20)15-12-19-6-2-1-3-7-19;1-20(2,3)26-19(25)22-11-5-6-15(13-22)14-23(18(24)16-8-9-16)17-7-4-10-21-12-17;1-15(2,3)22-14(20)18-7-8-21-12(10-18)13(19)17-11-5-4-6-16-9-11/h1-4,6-7,9,13,16,20-21H,5,8,10-12,14-15,17-18H2;4,7,10,12,15-16H,5-6,8-9,11,13-14H2,1-3H3;4-6,9,12H,7-8,10H2,1-3H3,(H,17,19). The summed E-state index contributed by atoms with van der Waals surface area (Å²) in [6.45, 7) is 18.1. The molecule has 3 aromatic heterocycles. The number of nitrogens with one attached hydrogen (secondary N) is 1. The number of nitrogens with zero attached hydrogens (tertiary/aromatic N) is 8. The van der Waals surface area contributed by atoms with Gasteiger partial charge in [-0.2, -0.15) is 0 Å². The summed E-state index contributed by atoms with van der Waals surface area (Å²) in [6, 6.07) is 21.9. The van der Waals surface area contributed by atoms with Gasteiger partial charge < -0.3 is 44.0 Å². The maximum absolute atomic E-state index is 12.9. The Bertz CT molecular complexity index is 2430. The van der Waals surface area contributed by atoms with Crippen molar-refractivity contribution in [3.63, 3.8) is 0 Å². The molecular formula is C58H79N9O8. The molecule has 0 spiro atoms. The molecule has 1 N–H and O–H groups in total. The highest BCUT2D eigenvalue weighted by atomic mass is 16.6. The third-order valence-corrected chi connectivity index (χ3v) is 13.5. The summed E-state index contributed by atoms with van der Waals surface area (Å²) in [5.41, 5.74) is 2.73. The van der Waals surface area contributed by atoms with E-state index in [0.29, 0.717) is 43.8 Å². The number of benzene rings is 1. The summed E-state index contributed by atoms with van der Waals surface area (Å²) in [5, 5.41) is 2.71. The average molecular weight is 1030 g/mol. The van der Waals surface area contributed by atoms with Crippen LogP contribution in [0.2, 0.25) is 0 Å². The monoisotopic (exact) mass is 1030 g/mol. The van der Waals surface area contributed by atoms with Crippen molar-refractivity contribution in [2.45, 2.75) is 117 Å². The molecule has 75 heavy (non-hydrogen) atoms. The molecule has 17 heteroatoms. The summed E-state index contributed by atoms with van der Waals surface area (Å²) >= 11 is 0. The first-order valence-electron chi connectivity index (χ1n) is 27.0. The lowest BCUT2D eigenvalue weighted by atomic mass is 9.96. The van der Waals surface area contributed by atoms with Crippen molar-refractivity contribution in [2.24, 2.45) is 23.7 Å². The van der Waals surface area contributed by atoms with E-state index in [1.165, 1.54) is 29.8 Å². The summed E-state index contributed by atoms with van der Waals surface area (Å²) in [6.07, 6.45) is 18.3. The first-order valence-corrected chi connectivity index (χ1v) is 27.0. The van der Waals surface area contributed by atoms with Gasteiger partial charge in [-0.1, -0.05) is 30.3 Å². The number of carbonyl (C=O) groups is 5. The number of amides is 5. The van der Waals surface area contributed by atoms with Crippen LogP contribution in [0.3, 0.4) is 0 Å². The molecule has 3 unspecified atom stereocenters. The van der Waals surface area contributed by atoms with Crippen molar-refractivity contribution < 1.29 is 38.2 Å². The molecule has 2 saturated carbocycles. The molecule has 9 rings (SSSR count). The van der Waals surface area contributed by atoms with E-state index in [-0.39, 0.29) is 42.2 Å². The number of hydrogen-bond acceptors (Lipinski definition) is 12. The van der Waals surface area contributed by atoms with Crippen LogP contribution >= 0.6 is 0 Å². The normalized spacial score (nSPS) is 19.9. The Hall–Kier alpha value is -6.46. The SMILES string of the molecule is CC(C)(C)OC(=O)N1CCCC(CN(C(=O)C2CC2)c2cccnc2)C1.CC(C)(C)OC(=O)N1CCOC(C(=O)Nc2cccnc2)C1.O=C(C1CC1)N(CC1CCCN(CCc2ccccc2)C1)c1cccnc1. The number of hydrogen-bond donors (Lipinski definition) is 1. The van der Waals surface area contributed by atoms with Crippen LogP contribution in [-0.4, -0.2) is 142 Å². The Morgan fingerprint density at radius 1 is 0.613 bits per heavy atom. The smallest absolute Gasteiger partial charge is 0.410 e. The van der Waals surface area contributed by atoms with Gasteiger partial charge in [-0.3, -0.25) is 29.3 Å². The molecule has 3 atom stereocenters. The van der Waals surface area contributed by atoms with Crippen LogP contribution in [0.1, 0.15) is 98.5 Å². The molecule has 17 nitrogen and oxygen atoms in total. The number of piperidine rings is 2. The van der Waals surface area contributed by atoms with Crippen LogP contribution in [0.5, 0.6) is 0 Å². The highest BCUT2D eigenvalue weighted by Gasteiger charge is 2.38. The van der Waals surface area contributed by atoms with Crippen molar-refractivity contribution in [3.05, 3.63) is 109 Å². The average Bonchev–Trinajstić information content (AvgIpc) is 4.35. The number of carbonyl (C=O) groups excluding carboxylic acids is 5. The maximum Gasteiger partial charge on any atom is 0.410 e. The minimum atomic E-state index is -0.721. The van der Waals surface area contributed by atoms with Crippen molar-refractivity contribution in [1.29, 1.82) is 0 Å². The fraction of sp³-hybridized carbons (Fsp3) is 0.552. The van der Waals surface area contributed by atoms with Gasteiger partial charge in [0.05, 0.1) is 48.8 Å². The molecule has 1 aromatic carbocycles. The van der Waals surface area contributed by atoms with Gasteiger partial charge in [0, 0.05) is 76.2 Å². The van der Waals surface area contributed by atoms with E-state index >= 15 is 0 Å². The Balaban J connectivity index is 0.000000165. The van der Waals surface area contributed by atoms with Crippen LogP contribution in [0.15, 0.2) is 104 Å². The first-order chi connectivity index (χ1) is 36.0. The predicted molar refractivity (Wildman–Crippen MR) is 289 cm³/mol. The van der Waals surface area contributed by atoms with Crippen LogP contribution in [0, 0.1) is 23.7 Å². The van der Waals surface area contributed by atoms with Crippen molar-refractivity contribution >= 4 is 47.0 Å². The van der Waals surface area contributed by atoms with E-state index in [1.54, 1.807) is 68.8 Å². The minimum absolute atomic E-state index is 0.153. The number of ether oxygens (including phenoxy) is 3. The molecule has 3 aliphatic heterocycles. The zero-order valence-corrected chi connectivity index (χ0v) is 45.0. The van der Waals surface area contributed by atoms with E-state index in [4.69, 9.17) is 14.2 Å². The van der Waals surface area contributed by atoms with Gasteiger partial charge in [-0.15, -0.1) is 0 Å². The molecule has 0 bridgehead atoms. The van der Waals surface area contributed by atoms with Crippen LogP contribution in [0.25, 0.3) is 0 Å². The largest absolute Gasteiger partial charge is 0.444 e. The number of rotatable bonds is 13. The lowest BCUT2D eigenvalue weighted by Gasteiger charge is -2.36. The molecule has 5 amide bonds. The van der Waals surface area contributed by atoms with Gasteiger partial charge in [0.1, 0.15) is 11.2 Å². The van der Waals surface area contributed by atoms with E-state index in [9.17, 15) is 24.0 Å². The van der Waals surface area contributed by atoms with Gasteiger partial charge in [-0.25, -0.2) is 9.59 Å². The Morgan fingerprint density at radius 2 is 1.13 bits per heavy atom. The quantitative estimate of drug-likeness (QED) is 0.135. The third kappa shape index (κ3) is 18.7. The van der Waals surface area contributed by atoms with Gasteiger partial charge >= 0.3 is 12.2 Å². The highest BCUT2D eigenvalue weighted by molar-refractivity contribution is 5.97. The van der Waals surface area contributed by atoms with Gasteiger partial charge in [0.25, 0.3) is 5.91 Å². The number of pyridine rings is 3. The number of anilines is 3. The van der Waals surface area contributed by atoms with Crippen LogP contribution in [-0.2, 0) is 35.0 Å². The maximum atomic E-state index is 12.9. The molecule has 5 fully saturated rings. The molecule has 0 radical (unpaired) electrons. The molecule has 3 saturated heterocycles. The second kappa shape index (κ2) is 26.8. The van der Waals surface area contributed by atoms with Crippen LogP contribution < -0.4 is 15.1 Å². The third-order valence-electron chi connectivity index (χ3n) is 13.5. The molecule has 2 aliphatic carbocycles. The highest BCUT2D eigenvalue weighted by Crippen LogP contribution is 2.35. The molecular weight excluding hydrogens is 951 g/mol. The topological polar surface area (TPSA) is 180 Å². The zero-order chi connectivity index (χ0) is 53.4. The number of aromatic nitrogens is 3. The van der Waals surface area contributed by atoms with Crippen molar-refractivity contribution in [2.75, 3.05) is 80.6 Å². The molecule has 6 heterocycles. The number of likely N-dealkylation sites (tertiary alicyclic amines) is 2. The fourth-order valence-corrected chi connectivity index (χ4v) is 9.39. The fourth-order valence-electron chi connectivity index (χ4n) is 9.39. The summed E-state index contributed by atoms with van der Waals surface area (Å²) < 4.78 is 16.3. The Kier molecular flexibility index (Phi) is 20.1. The van der Waals surface area contributed by atoms with Crippen LogP contribution in [0.4, 0.5) is 26.7 Å². The number of morpholine rings is 1. The molecule has 5 aliphatic rings. The summed E-state index contributed by atoms with van der Waals surface area (Å²) in [7, 11) is 0. The zero-order valence-electron chi connectivity index (χ0n) is 45.0. The second-order valence-electron chi connectivity index (χ2n) is 22.4. The van der Waals surface area contributed by atoms with Gasteiger partial charge in [-0.05, 0) is 160 Å². The summed E-state index contributed by atoms with van der Waals surface area (Å²) in [5.74, 6) is 1.36. The lowest BCUT2D eigenvalue weighted by molar-refractivity contribution is -0.132. The lowest BCUT2D eigenvalue weighted by Crippen LogP contribution is -2.51. The molecule has 404 valence electrons. The second-order valence-corrected chi connectivity index (χ2v) is 22.4. The molecule has 4 aromatic rings. The minimum Gasteiger partial charge on any atom is -0.444 e. The predicted octanol–water partition coefficient (Wildman–Crippen LogP) is 8.91. The first kappa shape index (κ1) is 56.3.